The molecule has 30 heavy (non-hydrogen) atoms. The number of nitrogens with zero attached hydrogens (tertiary/aromatic N) is 4. The van der Waals surface area contributed by atoms with Crippen molar-refractivity contribution in [2.75, 3.05) is 16.8 Å². The molecular weight excluding hydrogens is 374 g/mol. The average molecular weight is 404 g/mol. The number of carbonyl (C=O) groups excluding carboxylic acids is 1. The highest BCUT2D eigenvalue weighted by molar-refractivity contribution is 6.07. The summed E-state index contributed by atoms with van der Waals surface area (Å²) in [4.78, 5) is 19.3. The molecule has 0 radical (unpaired) electrons. The van der Waals surface area contributed by atoms with Gasteiger partial charge in [-0.25, -0.2) is 4.98 Å². The average Bonchev–Trinajstić information content (AvgIpc) is 3.31. The number of nitrogens with one attached hydrogen (secondary N) is 1. The van der Waals surface area contributed by atoms with Gasteiger partial charge in [0.05, 0.1) is 22.8 Å². The summed E-state index contributed by atoms with van der Waals surface area (Å²) >= 11 is 0. The van der Waals surface area contributed by atoms with E-state index in [1.54, 1.807) is 6.20 Å². The highest BCUT2D eigenvalue weighted by atomic mass is 16.2. The smallest absolute Gasteiger partial charge is 0.259 e. The number of hydrogen-bond donors (Lipinski definition) is 1. The van der Waals surface area contributed by atoms with Gasteiger partial charge in [0, 0.05) is 30.2 Å². The number of rotatable bonds is 4. The number of amides is 1. The van der Waals surface area contributed by atoms with Crippen LogP contribution in [0.25, 0.3) is 0 Å². The Hall–Kier alpha value is -3.15. The van der Waals surface area contributed by atoms with E-state index >= 15 is 0 Å². The number of para-hydroxylation sites is 1. The topological polar surface area (TPSA) is 63.1 Å². The van der Waals surface area contributed by atoms with E-state index in [-0.39, 0.29) is 17.5 Å². The number of aryl methyl sites for hydroxylation is 1. The van der Waals surface area contributed by atoms with E-state index in [2.05, 4.69) is 55.4 Å². The zero-order chi connectivity index (χ0) is 21.5. The van der Waals surface area contributed by atoms with E-state index in [4.69, 9.17) is 0 Å². The van der Waals surface area contributed by atoms with Gasteiger partial charge in [-0.3, -0.25) is 9.48 Å². The van der Waals surface area contributed by atoms with Crippen LogP contribution in [0.2, 0.25) is 0 Å². The summed E-state index contributed by atoms with van der Waals surface area (Å²) in [5.41, 5.74) is 4.91. The number of hydrogen-bond acceptors (Lipinski definition) is 4. The van der Waals surface area contributed by atoms with Gasteiger partial charge in [-0.15, -0.1) is 0 Å². The monoisotopic (exact) mass is 403 g/mol. The van der Waals surface area contributed by atoms with Crippen molar-refractivity contribution >= 4 is 17.4 Å². The molecule has 0 aliphatic carbocycles. The number of benzene rings is 1. The SMILES string of the molecule is Cc1nn(C(C)(C)C)cc1C(C)Nc1ccc(C(=O)N2CCc3ccccc32)cn1. The molecule has 0 saturated heterocycles. The van der Waals surface area contributed by atoms with Crippen LogP contribution < -0.4 is 10.2 Å². The standard InChI is InChI=1S/C24H29N5O/c1-16(20-15-29(24(3,4)5)27-17(20)2)26-22-11-10-19(14-25-22)23(30)28-13-12-18-8-6-7-9-21(18)28/h6-11,14-16H,12-13H2,1-5H3,(H,25,26). The third kappa shape index (κ3) is 3.82. The maximum Gasteiger partial charge on any atom is 0.259 e. The Bertz CT molecular complexity index is 1060. The molecular formula is C24H29N5O. The molecule has 6 nitrogen and oxygen atoms in total. The van der Waals surface area contributed by atoms with Crippen LogP contribution in [-0.2, 0) is 12.0 Å². The lowest BCUT2D eigenvalue weighted by molar-refractivity contribution is 0.0989. The van der Waals surface area contributed by atoms with Crippen molar-refractivity contribution in [1.29, 1.82) is 0 Å². The van der Waals surface area contributed by atoms with Crippen LogP contribution in [0.15, 0.2) is 48.8 Å². The summed E-state index contributed by atoms with van der Waals surface area (Å²) in [6.45, 7) is 11.2. The molecule has 1 atom stereocenters. The normalized spacial score (nSPS) is 14.5. The Morgan fingerprint density at radius 2 is 1.93 bits per heavy atom. The molecule has 1 aliphatic heterocycles. The lowest BCUT2D eigenvalue weighted by Gasteiger charge is -2.19. The van der Waals surface area contributed by atoms with Crippen molar-refractivity contribution in [3.8, 4) is 0 Å². The molecule has 1 aliphatic rings. The van der Waals surface area contributed by atoms with Crippen LogP contribution in [0.4, 0.5) is 11.5 Å². The first-order chi connectivity index (χ1) is 14.2. The van der Waals surface area contributed by atoms with Crippen LogP contribution >= 0.6 is 0 Å². The number of aromatic nitrogens is 3. The molecule has 0 saturated carbocycles. The van der Waals surface area contributed by atoms with Gasteiger partial charge < -0.3 is 10.2 Å². The van der Waals surface area contributed by atoms with Gasteiger partial charge in [-0.2, -0.15) is 5.10 Å². The van der Waals surface area contributed by atoms with Gasteiger partial charge in [0.25, 0.3) is 5.91 Å². The fraction of sp³-hybridized carbons (Fsp3) is 0.375. The molecule has 6 heteroatoms. The summed E-state index contributed by atoms with van der Waals surface area (Å²) in [5, 5.41) is 8.08. The summed E-state index contributed by atoms with van der Waals surface area (Å²) < 4.78 is 2.00. The molecule has 3 aromatic rings. The first-order valence-corrected chi connectivity index (χ1v) is 10.4. The minimum Gasteiger partial charge on any atom is -0.363 e. The van der Waals surface area contributed by atoms with Crippen LogP contribution in [0.5, 0.6) is 0 Å². The summed E-state index contributed by atoms with van der Waals surface area (Å²) in [7, 11) is 0. The first-order valence-electron chi connectivity index (χ1n) is 10.4. The second kappa shape index (κ2) is 7.59. The number of anilines is 2. The Morgan fingerprint density at radius 1 is 1.17 bits per heavy atom. The second-order valence-electron chi connectivity index (χ2n) is 8.92. The highest BCUT2D eigenvalue weighted by Gasteiger charge is 2.25. The van der Waals surface area contributed by atoms with E-state index in [1.807, 2.05) is 46.8 Å². The molecule has 0 spiro atoms. The van der Waals surface area contributed by atoms with E-state index in [0.29, 0.717) is 12.1 Å². The maximum absolute atomic E-state index is 13.0. The summed E-state index contributed by atoms with van der Waals surface area (Å²) in [5.74, 6) is 0.734. The molecule has 4 rings (SSSR count). The molecule has 0 fully saturated rings. The predicted octanol–water partition coefficient (Wildman–Crippen LogP) is 4.72. The Kier molecular flexibility index (Phi) is 5.10. The largest absolute Gasteiger partial charge is 0.363 e. The molecule has 1 amide bonds. The molecule has 3 heterocycles. The highest BCUT2D eigenvalue weighted by Crippen LogP contribution is 2.29. The van der Waals surface area contributed by atoms with Gasteiger partial charge in [-0.1, -0.05) is 18.2 Å². The van der Waals surface area contributed by atoms with Gasteiger partial charge in [0.15, 0.2) is 0 Å². The van der Waals surface area contributed by atoms with Crippen LogP contribution in [0, 0.1) is 6.92 Å². The van der Waals surface area contributed by atoms with Crippen molar-refractivity contribution in [3.05, 3.63) is 71.2 Å². The predicted molar refractivity (Wildman–Crippen MR) is 120 cm³/mol. The molecule has 1 N–H and O–H groups in total. The fourth-order valence-corrected chi connectivity index (χ4v) is 3.85. The molecule has 2 aromatic heterocycles. The van der Waals surface area contributed by atoms with Crippen molar-refractivity contribution in [3.63, 3.8) is 0 Å². The number of fused-ring (bicyclic) bond motifs is 1. The van der Waals surface area contributed by atoms with Crippen molar-refractivity contribution in [2.24, 2.45) is 0 Å². The van der Waals surface area contributed by atoms with E-state index in [0.717, 1.165) is 29.2 Å². The number of carbonyl (C=O) groups is 1. The lowest BCUT2D eigenvalue weighted by atomic mass is 10.1. The van der Waals surface area contributed by atoms with Gasteiger partial charge in [0.2, 0.25) is 0 Å². The molecule has 0 bridgehead atoms. The third-order valence-electron chi connectivity index (χ3n) is 5.60. The minimum atomic E-state index is -0.0584. The second-order valence-corrected chi connectivity index (χ2v) is 8.92. The van der Waals surface area contributed by atoms with Crippen LogP contribution in [0.1, 0.15) is 60.9 Å². The Balaban J connectivity index is 1.47. The fourth-order valence-electron chi connectivity index (χ4n) is 3.85. The van der Waals surface area contributed by atoms with Crippen LogP contribution in [-0.4, -0.2) is 27.2 Å². The third-order valence-corrected chi connectivity index (χ3v) is 5.60. The van der Waals surface area contributed by atoms with Gasteiger partial charge in [-0.05, 0) is 64.8 Å². The molecule has 1 unspecified atom stereocenters. The van der Waals surface area contributed by atoms with E-state index in [9.17, 15) is 4.79 Å². The Labute approximate surface area is 177 Å². The Morgan fingerprint density at radius 3 is 2.60 bits per heavy atom. The van der Waals surface area contributed by atoms with Gasteiger partial charge >= 0.3 is 0 Å². The van der Waals surface area contributed by atoms with Crippen LogP contribution in [0.3, 0.4) is 0 Å². The number of pyridine rings is 1. The maximum atomic E-state index is 13.0. The minimum absolute atomic E-state index is 0.00523. The zero-order valence-electron chi connectivity index (χ0n) is 18.3. The molecule has 156 valence electrons. The van der Waals surface area contributed by atoms with E-state index < -0.39 is 0 Å². The summed E-state index contributed by atoms with van der Waals surface area (Å²) in [6, 6.07) is 11.8. The molecule has 1 aromatic carbocycles. The quantitative estimate of drug-likeness (QED) is 0.685. The lowest BCUT2D eigenvalue weighted by Crippen LogP contribution is -2.29. The van der Waals surface area contributed by atoms with E-state index in [1.165, 1.54) is 5.56 Å². The van der Waals surface area contributed by atoms with Gasteiger partial charge in [0.1, 0.15) is 5.82 Å². The van der Waals surface area contributed by atoms with Crippen molar-refractivity contribution in [1.82, 2.24) is 14.8 Å². The first kappa shape index (κ1) is 20.1. The van der Waals surface area contributed by atoms with Crippen molar-refractivity contribution in [2.45, 2.75) is 52.6 Å². The zero-order valence-corrected chi connectivity index (χ0v) is 18.3. The summed E-state index contributed by atoms with van der Waals surface area (Å²) in [6.07, 6.45) is 4.65. The van der Waals surface area contributed by atoms with Crippen molar-refractivity contribution < 1.29 is 4.79 Å².